The van der Waals surface area contributed by atoms with E-state index < -0.39 is 17.7 Å². The highest BCUT2D eigenvalue weighted by molar-refractivity contribution is 7.22. The average molecular weight is 491 g/mol. The molecule has 2 aliphatic heterocycles. The minimum Gasteiger partial charge on any atom is -0.507 e. The van der Waals surface area contributed by atoms with E-state index in [2.05, 4.69) is 4.98 Å². The summed E-state index contributed by atoms with van der Waals surface area (Å²) in [5.41, 5.74) is 2.24. The first kappa shape index (κ1) is 20.9. The van der Waals surface area contributed by atoms with Crippen LogP contribution in [-0.2, 0) is 9.59 Å². The molecular weight excluding hydrogens is 472 g/mol. The number of carbonyl (C=O) groups excluding carboxylic acids is 2. The van der Waals surface area contributed by atoms with Crippen LogP contribution in [0.5, 0.6) is 11.5 Å². The standard InChI is InChI=1S/C25H18N2O5S2/c1-13-4-6-15-19(11-13)34-25(26-15)27-21(18-3-2-10-33-18)20(23(29)24(27)30)22(28)14-5-7-16-17(12-14)32-9-8-31-16/h2-7,10-12,21,28H,8-9H2,1H3/t21-/m0/s1. The zero-order chi connectivity index (χ0) is 23.4. The Labute approximate surface area is 202 Å². The van der Waals surface area contributed by atoms with Crippen LogP contribution in [0, 0.1) is 6.92 Å². The summed E-state index contributed by atoms with van der Waals surface area (Å²) in [6.07, 6.45) is 0. The van der Waals surface area contributed by atoms with Crippen LogP contribution in [0.15, 0.2) is 59.5 Å². The molecule has 2 aromatic carbocycles. The largest absolute Gasteiger partial charge is 0.507 e. The van der Waals surface area contributed by atoms with Gasteiger partial charge in [-0.15, -0.1) is 11.3 Å². The van der Waals surface area contributed by atoms with Crippen molar-refractivity contribution in [3.63, 3.8) is 0 Å². The molecule has 1 atom stereocenters. The van der Waals surface area contributed by atoms with Crippen LogP contribution in [0.25, 0.3) is 16.0 Å². The summed E-state index contributed by atoms with van der Waals surface area (Å²) in [5.74, 6) is -0.663. The molecule has 0 unspecified atom stereocenters. The minimum absolute atomic E-state index is 0.0274. The van der Waals surface area contributed by atoms with Crippen LogP contribution < -0.4 is 14.4 Å². The summed E-state index contributed by atoms with van der Waals surface area (Å²) in [4.78, 5) is 33.4. The van der Waals surface area contributed by atoms with Crippen LogP contribution in [0.4, 0.5) is 5.13 Å². The maximum Gasteiger partial charge on any atom is 0.301 e. The van der Waals surface area contributed by atoms with Gasteiger partial charge in [-0.1, -0.05) is 23.5 Å². The number of thiazole rings is 1. The maximum atomic E-state index is 13.3. The first-order valence-electron chi connectivity index (χ1n) is 10.6. The lowest BCUT2D eigenvalue weighted by molar-refractivity contribution is -0.132. The van der Waals surface area contributed by atoms with E-state index >= 15 is 0 Å². The van der Waals surface area contributed by atoms with Crippen molar-refractivity contribution in [2.45, 2.75) is 13.0 Å². The fourth-order valence-corrected chi connectivity index (χ4v) is 6.13. The van der Waals surface area contributed by atoms with E-state index in [-0.39, 0.29) is 11.3 Å². The fourth-order valence-electron chi connectivity index (χ4n) is 4.21. The van der Waals surface area contributed by atoms with Gasteiger partial charge in [-0.25, -0.2) is 4.98 Å². The maximum absolute atomic E-state index is 13.3. The number of ether oxygens (including phenoxy) is 2. The van der Waals surface area contributed by atoms with E-state index in [1.807, 2.05) is 42.6 Å². The third-order valence-electron chi connectivity index (χ3n) is 5.81. The normalized spacial score (nSPS) is 19.2. The highest BCUT2D eigenvalue weighted by Crippen LogP contribution is 2.46. The topological polar surface area (TPSA) is 89.0 Å². The number of ketones is 1. The molecular formula is C25H18N2O5S2. The summed E-state index contributed by atoms with van der Waals surface area (Å²) in [5, 5.41) is 13.6. The number of Topliss-reactive ketones (excluding diaryl/α,β-unsaturated/α-hetero) is 1. The van der Waals surface area contributed by atoms with Crippen molar-refractivity contribution < 1.29 is 24.2 Å². The summed E-state index contributed by atoms with van der Waals surface area (Å²) >= 11 is 2.76. The second-order valence-corrected chi connectivity index (χ2v) is 10.00. The van der Waals surface area contributed by atoms with E-state index in [4.69, 9.17) is 9.47 Å². The minimum atomic E-state index is -0.783. The predicted octanol–water partition coefficient (Wildman–Crippen LogP) is 5.06. The number of aryl methyl sites for hydroxylation is 1. The monoisotopic (exact) mass is 490 g/mol. The zero-order valence-corrected chi connectivity index (χ0v) is 19.6. The van der Waals surface area contributed by atoms with Crippen LogP contribution in [-0.4, -0.2) is 35.0 Å². The van der Waals surface area contributed by atoms with Gasteiger partial charge in [0.15, 0.2) is 16.6 Å². The molecule has 6 rings (SSSR count). The number of fused-ring (bicyclic) bond motifs is 2. The molecule has 4 heterocycles. The van der Waals surface area contributed by atoms with Gasteiger partial charge >= 0.3 is 5.91 Å². The highest BCUT2D eigenvalue weighted by atomic mass is 32.1. The Bertz CT molecular complexity index is 1490. The number of thiophene rings is 1. The van der Waals surface area contributed by atoms with Crippen LogP contribution >= 0.6 is 22.7 Å². The van der Waals surface area contributed by atoms with E-state index in [1.165, 1.54) is 27.6 Å². The smallest absolute Gasteiger partial charge is 0.301 e. The highest BCUT2D eigenvalue weighted by Gasteiger charge is 2.48. The Morgan fingerprint density at radius 1 is 1.09 bits per heavy atom. The number of nitrogens with zero attached hydrogens (tertiary/aromatic N) is 2. The van der Waals surface area contributed by atoms with Crippen molar-refractivity contribution in [1.29, 1.82) is 0 Å². The first-order chi connectivity index (χ1) is 16.5. The molecule has 1 amide bonds. The third kappa shape index (κ3) is 3.27. The molecule has 0 bridgehead atoms. The van der Waals surface area contributed by atoms with Gasteiger partial charge < -0.3 is 14.6 Å². The number of aliphatic hydroxyl groups excluding tert-OH is 1. The van der Waals surface area contributed by atoms with Crippen molar-refractivity contribution in [1.82, 2.24) is 4.98 Å². The predicted molar refractivity (Wildman–Crippen MR) is 131 cm³/mol. The van der Waals surface area contributed by atoms with Crippen LogP contribution in [0.2, 0.25) is 0 Å². The Kier molecular flexibility index (Phi) is 4.89. The number of rotatable bonds is 3. The molecule has 1 saturated heterocycles. The number of amides is 1. The number of hydrogen-bond acceptors (Lipinski definition) is 8. The lowest BCUT2D eigenvalue weighted by Crippen LogP contribution is -2.28. The molecule has 1 N–H and O–H groups in total. The molecule has 7 nitrogen and oxygen atoms in total. The molecule has 0 saturated carbocycles. The van der Waals surface area contributed by atoms with Crippen molar-refractivity contribution in [2.24, 2.45) is 0 Å². The second kappa shape index (κ2) is 7.96. The first-order valence-corrected chi connectivity index (χ1v) is 12.3. The number of carbonyl (C=O) groups is 2. The second-order valence-electron chi connectivity index (χ2n) is 8.01. The van der Waals surface area contributed by atoms with E-state index in [9.17, 15) is 14.7 Å². The number of aromatic nitrogens is 1. The number of hydrogen-bond donors (Lipinski definition) is 1. The van der Waals surface area contributed by atoms with Gasteiger partial charge in [0.05, 0.1) is 15.8 Å². The van der Waals surface area contributed by atoms with Gasteiger partial charge in [-0.05, 0) is 54.3 Å². The van der Waals surface area contributed by atoms with Gasteiger partial charge in [0.1, 0.15) is 25.0 Å². The van der Waals surface area contributed by atoms with Gasteiger partial charge in [-0.2, -0.15) is 0 Å². The Morgan fingerprint density at radius 2 is 1.91 bits per heavy atom. The molecule has 0 radical (unpaired) electrons. The van der Waals surface area contributed by atoms with Crippen LogP contribution in [0.3, 0.4) is 0 Å². The van der Waals surface area contributed by atoms with Crippen molar-refractivity contribution in [2.75, 3.05) is 18.1 Å². The van der Waals surface area contributed by atoms with E-state index in [0.29, 0.717) is 35.4 Å². The molecule has 9 heteroatoms. The molecule has 34 heavy (non-hydrogen) atoms. The van der Waals surface area contributed by atoms with Gasteiger partial charge in [-0.3, -0.25) is 14.5 Å². The van der Waals surface area contributed by atoms with Gasteiger partial charge in [0, 0.05) is 10.4 Å². The van der Waals surface area contributed by atoms with Gasteiger partial charge in [0.25, 0.3) is 5.78 Å². The molecule has 170 valence electrons. The molecule has 1 fully saturated rings. The van der Waals surface area contributed by atoms with Crippen molar-refractivity contribution >= 4 is 55.5 Å². The lowest BCUT2D eigenvalue weighted by atomic mass is 9.99. The molecule has 0 aliphatic carbocycles. The van der Waals surface area contributed by atoms with Crippen molar-refractivity contribution in [3.05, 3.63) is 75.5 Å². The number of benzene rings is 2. The van der Waals surface area contributed by atoms with Crippen molar-refractivity contribution in [3.8, 4) is 11.5 Å². The van der Waals surface area contributed by atoms with E-state index in [1.54, 1.807) is 18.2 Å². The molecule has 2 aromatic heterocycles. The number of anilines is 1. The summed E-state index contributed by atoms with van der Waals surface area (Å²) in [6.45, 7) is 2.83. The quantitative estimate of drug-likeness (QED) is 0.245. The fraction of sp³-hybridized carbons (Fsp3) is 0.160. The molecule has 0 spiro atoms. The van der Waals surface area contributed by atoms with Gasteiger partial charge in [0.2, 0.25) is 0 Å². The average Bonchev–Trinajstić information content (AvgIpc) is 3.57. The molecule has 4 aromatic rings. The lowest BCUT2D eigenvalue weighted by Gasteiger charge is -2.22. The summed E-state index contributed by atoms with van der Waals surface area (Å²) in [7, 11) is 0. The van der Waals surface area contributed by atoms with Crippen LogP contribution in [0.1, 0.15) is 22.0 Å². The Hall–Kier alpha value is -3.69. The third-order valence-corrected chi connectivity index (χ3v) is 7.75. The SMILES string of the molecule is Cc1ccc2nc(N3C(=O)C(=O)C(=C(O)c4ccc5c(c4)OCCO5)[C@@H]3c3cccs3)sc2c1. The molecule has 2 aliphatic rings. The Balaban J connectivity index is 1.52. The Morgan fingerprint density at radius 3 is 2.71 bits per heavy atom. The summed E-state index contributed by atoms with van der Waals surface area (Å²) in [6, 6.07) is 13.8. The zero-order valence-electron chi connectivity index (χ0n) is 18.0. The number of aliphatic hydroxyl groups is 1. The van der Waals surface area contributed by atoms with E-state index in [0.717, 1.165) is 20.7 Å². The summed E-state index contributed by atoms with van der Waals surface area (Å²) < 4.78 is 12.1.